The van der Waals surface area contributed by atoms with Gasteiger partial charge < -0.3 is 10.2 Å². The molecular formula is C19H30N2. The van der Waals surface area contributed by atoms with Gasteiger partial charge in [-0.25, -0.2) is 0 Å². The number of benzene rings is 1. The quantitative estimate of drug-likeness (QED) is 0.906. The maximum Gasteiger partial charge on any atom is 0.0138 e. The molecule has 1 aliphatic carbocycles. The molecule has 0 bridgehead atoms. The summed E-state index contributed by atoms with van der Waals surface area (Å²) in [6.07, 6.45) is 8.15. The number of nitrogens with zero attached hydrogens (tertiary/aromatic N) is 1. The van der Waals surface area contributed by atoms with Crippen molar-refractivity contribution in [3.63, 3.8) is 0 Å². The Bertz CT molecular complexity index is 409. The summed E-state index contributed by atoms with van der Waals surface area (Å²) in [5.41, 5.74) is 1.54. The molecule has 21 heavy (non-hydrogen) atoms. The van der Waals surface area contributed by atoms with E-state index in [-0.39, 0.29) is 0 Å². The summed E-state index contributed by atoms with van der Waals surface area (Å²) in [4.78, 5) is 2.58. The Labute approximate surface area is 129 Å². The van der Waals surface area contributed by atoms with E-state index in [0.29, 0.717) is 6.04 Å². The van der Waals surface area contributed by atoms with Gasteiger partial charge in [0.1, 0.15) is 0 Å². The van der Waals surface area contributed by atoms with E-state index in [0.717, 1.165) is 12.0 Å². The van der Waals surface area contributed by atoms with Crippen LogP contribution in [0.15, 0.2) is 30.3 Å². The van der Waals surface area contributed by atoms with Gasteiger partial charge in [0.2, 0.25) is 0 Å². The SMILES string of the molecule is CCN1CCC(NC2CCCCC2c2ccccc2)CC1. The molecule has 2 heteroatoms. The van der Waals surface area contributed by atoms with Crippen LogP contribution >= 0.6 is 0 Å². The molecule has 2 nitrogen and oxygen atoms in total. The van der Waals surface area contributed by atoms with Crippen LogP contribution in [0.1, 0.15) is 56.9 Å². The third-order valence-electron chi connectivity index (χ3n) is 5.48. The summed E-state index contributed by atoms with van der Waals surface area (Å²) in [7, 11) is 0. The zero-order valence-corrected chi connectivity index (χ0v) is 13.4. The first-order chi connectivity index (χ1) is 10.4. The molecule has 2 unspecified atom stereocenters. The smallest absolute Gasteiger partial charge is 0.0138 e. The normalized spacial score (nSPS) is 28.6. The van der Waals surface area contributed by atoms with Crippen molar-refractivity contribution in [3.8, 4) is 0 Å². The van der Waals surface area contributed by atoms with Gasteiger partial charge >= 0.3 is 0 Å². The van der Waals surface area contributed by atoms with E-state index in [1.54, 1.807) is 5.56 Å². The molecule has 0 radical (unpaired) electrons. The standard InChI is InChI=1S/C19H30N2/c1-2-21-14-12-17(13-15-21)20-19-11-7-6-10-18(19)16-8-4-3-5-9-16/h3-5,8-9,17-20H,2,6-7,10-15H2,1H3. The predicted octanol–water partition coefficient (Wildman–Crippen LogP) is 3.79. The van der Waals surface area contributed by atoms with Crippen LogP contribution in [0.4, 0.5) is 0 Å². The van der Waals surface area contributed by atoms with Crippen molar-refractivity contribution >= 4 is 0 Å². The summed E-state index contributed by atoms with van der Waals surface area (Å²) >= 11 is 0. The highest BCUT2D eigenvalue weighted by molar-refractivity contribution is 5.22. The van der Waals surface area contributed by atoms with E-state index in [4.69, 9.17) is 0 Å². The lowest BCUT2D eigenvalue weighted by Crippen LogP contribution is -2.48. The van der Waals surface area contributed by atoms with Crippen molar-refractivity contribution in [2.45, 2.75) is 63.5 Å². The second kappa shape index (κ2) is 7.42. The highest BCUT2D eigenvalue weighted by Gasteiger charge is 2.29. The minimum Gasteiger partial charge on any atom is -0.311 e. The fraction of sp³-hybridized carbons (Fsp3) is 0.684. The molecule has 1 aromatic rings. The highest BCUT2D eigenvalue weighted by Crippen LogP contribution is 2.33. The van der Waals surface area contributed by atoms with Crippen LogP contribution in [0.5, 0.6) is 0 Å². The van der Waals surface area contributed by atoms with Crippen LogP contribution in [0.3, 0.4) is 0 Å². The third kappa shape index (κ3) is 3.87. The zero-order chi connectivity index (χ0) is 14.5. The third-order valence-corrected chi connectivity index (χ3v) is 5.48. The van der Waals surface area contributed by atoms with Gasteiger partial charge in [-0.15, -0.1) is 0 Å². The first-order valence-corrected chi connectivity index (χ1v) is 8.90. The van der Waals surface area contributed by atoms with E-state index in [9.17, 15) is 0 Å². The molecule has 1 aromatic carbocycles. The lowest BCUT2D eigenvalue weighted by Gasteiger charge is -2.38. The van der Waals surface area contributed by atoms with Gasteiger partial charge in [0.25, 0.3) is 0 Å². The van der Waals surface area contributed by atoms with Crippen molar-refractivity contribution in [3.05, 3.63) is 35.9 Å². The summed E-state index contributed by atoms with van der Waals surface area (Å²) in [6, 6.07) is 12.6. The molecule has 1 N–H and O–H groups in total. The molecule has 1 heterocycles. The zero-order valence-electron chi connectivity index (χ0n) is 13.4. The number of hydrogen-bond acceptors (Lipinski definition) is 2. The summed E-state index contributed by atoms with van der Waals surface area (Å²) in [5, 5.41) is 4.02. The monoisotopic (exact) mass is 286 g/mol. The molecule has 2 fully saturated rings. The van der Waals surface area contributed by atoms with E-state index < -0.39 is 0 Å². The van der Waals surface area contributed by atoms with Crippen molar-refractivity contribution < 1.29 is 0 Å². The van der Waals surface area contributed by atoms with Gasteiger partial charge in [-0.1, -0.05) is 50.1 Å². The molecule has 0 amide bonds. The number of hydrogen-bond donors (Lipinski definition) is 1. The average Bonchev–Trinajstić information content (AvgIpc) is 2.57. The minimum absolute atomic E-state index is 0.694. The van der Waals surface area contributed by atoms with E-state index in [2.05, 4.69) is 47.5 Å². The molecule has 2 aliphatic rings. The van der Waals surface area contributed by atoms with Crippen LogP contribution in [0, 0.1) is 0 Å². The lowest BCUT2D eigenvalue weighted by molar-refractivity contribution is 0.185. The molecule has 116 valence electrons. The molecule has 1 aliphatic heterocycles. The van der Waals surface area contributed by atoms with Crippen LogP contribution in [0.2, 0.25) is 0 Å². The first kappa shape index (κ1) is 15.1. The Morgan fingerprint density at radius 1 is 1.00 bits per heavy atom. The molecule has 1 saturated carbocycles. The van der Waals surface area contributed by atoms with E-state index >= 15 is 0 Å². The van der Waals surface area contributed by atoms with E-state index in [1.165, 1.54) is 58.2 Å². The number of likely N-dealkylation sites (tertiary alicyclic amines) is 1. The van der Waals surface area contributed by atoms with Gasteiger partial charge in [0, 0.05) is 12.1 Å². The molecule has 3 rings (SSSR count). The van der Waals surface area contributed by atoms with Crippen molar-refractivity contribution in [1.82, 2.24) is 10.2 Å². The highest BCUT2D eigenvalue weighted by atomic mass is 15.1. The number of rotatable bonds is 4. The Balaban J connectivity index is 1.60. The summed E-state index contributed by atoms with van der Waals surface area (Å²) in [6.45, 7) is 6.04. The Kier molecular flexibility index (Phi) is 5.32. The molecular weight excluding hydrogens is 256 g/mol. The molecule has 0 spiro atoms. The number of piperidine rings is 1. The lowest BCUT2D eigenvalue weighted by atomic mass is 9.79. The first-order valence-electron chi connectivity index (χ1n) is 8.90. The summed E-state index contributed by atoms with van der Waals surface area (Å²) < 4.78 is 0. The molecule has 2 atom stereocenters. The van der Waals surface area contributed by atoms with Crippen molar-refractivity contribution in [2.24, 2.45) is 0 Å². The van der Waals surface area contributed by atoms with Gasteiger partial charge in [0.05, 0.1) is 0 Å². The average molecular weight is 286 g/mol. The fourth-order valence-corrected chi connectivity index (χ4v) is 4.15. The minimum atomic E-state index is 0.694. The van der Waals surface area contributed by atoms with Crippen molar-refractivity contribution in [2.75, 3.05) is 19.6 Å². The summed E-state index contributed by atoms with van der Waals surface area (Å²) in [5.74, 6) is 0.726. The largest absolute Gasteiger partial charge is 0.311 e. The van der Waals surface area contributed by atoms with Crippen LogP contribution < -0.4 is 5.32 Å². The van der Waals surface area contributed by atoms with E-state index in [1.807, 2.05) is 0 Å². The molecule has 1 saturated heterocycles. The van der Waals surface area contributed by atoms with Gasteiger partial charge in [-0.3, -0.25) is 0 Å². The second-order valence-electron chi connectivity index (χ2n) is 6.78. The Morgan fingerprint density at radius 2 is 1.71 bits per heavy atom. The topological polar surface area (TPSA) is 15.3 Å². The van der Waals surface area contributed by atoms with Gasteiger partial charge in [0.15, 0.2) is 0 Å². The predicted molar refractivity (Wildman–Crippen MR) is 89.7 cm³/mol. The van der Waals surface area contributed by atoms with Crippen molar-refractivity contribution in [1.29, 1.82) is 0 Å². The fourth-order valence-electron chi connectivity index (χ4n) is 4.15. The maximum atomic E-state index is 4.02. The van der Waals surface area contributed by atoms with Gasteiger partial charge in [-0.2, -0.15) is 0 Å². The van der Waals surface area contributed by atoms with Crippen LogP contribution in [0.25, 0.3) is 0 Å². The van der Waals surface area contributed by atoms with Crippen LogP contribution in [-0.4, -0.2) is 36.6 Å². The second-order valence-corrected chi connectivity index (χ2v) is 6.78. The van der Waals surface area contributed by atoms with Gasteiger partial charge in [-0.05, 0) is 56.8 Å². The Hall–Kier alpha value is -0.860. The Morgan fingerprint density at radius 3 is 2.43 bits per heavy atom. The van der Waals surface area contributed by atoms with Crippen LogP contribution in [-0.2, 0) is 0 Å². The maximum absolute atomic E-state index is 4.02. The number of nitrogens with one attached hydrogen (secondary N) is 1. The molecule has 0 aromatic heterocycles.